The topological polar surface area (TPSA) is 66.5 Å². The SMILES string of the molecule is O=C1CCC2(CCN(S(=O)(=O)c3ccccc3)C2)N1. The van der Waals surface area contributed by atoms with Crippen LogP contribution in [0.1, 0.15) is 19.3 Å². The summed E-state index contributed by atoms with van der Waals surface area (Å²) >= 11 is 0. The highest BCUT2D eigenvalue weighted by molar-refractivity contribution is 7.89. The van der Waals surface area contributed by atoms with Crippen molar-refractivity contribution in [3.05, 3.63) is 30.3 Å². The Morgan fingerprint density at radius 1 is 1.16 bits per heavy atom. The predicted octanol–water partition coefficient (Wildman–Crippen LogP) is 0.730. The van der Waals surface area contributed by atoms with Crippen LogP contribution < -0.4 is 5.32 Å². The zero-order valence-electron chi connectivity index (χ0n) is 10.5. The number of carbonyl (C=O) groups excluding carboxylic acids is 1. The molecule has 102 valence electrons. The van der Waals surface area contributed by atoms with Crippen molar-refractivity contribution in [3.63, 3.8) is 0 Å². The molecule has 1 atom stereocenters. The van der Waals surface area contributed by atoms with E-state index in [1.807, 2.05) is 0 Å². The van der Waals surface area contributed by atoms with Crippen molar-refractivity contribution in [2.75, 3.05) is 13.1 Å². The van der Waals surface area contributed by atoms with Crippen LogP contribution >= 0.6 is 0 Å². The molecule has 2 aliphatic rings. The van der Waals surface area contributed by atoms with Crippen molar-refractivity contribution in [3.8, 4) is 0 Å². The van der Waals surface area contributed by atoms with Crippen LogP contribution in [0.3, 0.4) is 0 Å². The molecular formula is C13H16N2O3S. The van der Waals surface area contributed by atoms with Crippen molar-refractivity contribution < 1.29 is 13.2 Å². The summed E-state index contributed by atoms with van der Waals surface area (Å²) in [5, 5.41) is 2.94. The van der Waals surface area contributed by atoms with Crippen LogP contribution in [-0.2, 0) is 14.8 Å². The van der Waals surface area contributed by atoms with E-state index in [0.717, 1.165) is 6.42 Å². The first kappa shape index (κ1) is 12.6. The molecule has 1 spiro atoms. The summed E-state index contributed by atoms with van der Waals surface area (Å²) < 4.78 is 26.4. The number of amides is 1. The van der Waals surface area contributed by atoms with E-state index in [0.29, 0.717) is 30.8 Å². The smallest absolute Gasteiger partial charge is 0.243 e. The number of hydrogen-bond donors (Lipinski definition) is 1. The van der Waals surface area contributed by atoms with Gasteiger partial charge in [0.2, 0.25) is 15.9 Å². The van der Waals surface area contributed by atoms with E-state index in [1.54, 1.807) is 30.3 Å². The summed E-state index contributed by atoms with van der Waals surface area (Å²) in [6.07, 6.45) is 1.93. The largest absolute Gasteiger partial charge is 0.349 e. The third-order valence-electron chi connectivity index (χ3n) is 3.93. The van der Waals surface area contributed by atoms with Crippen LogP contribution in [0.15, 0.2) is 35.2 Å². The van der Waals surface area contributed by atoms with Crippen LogP contribution in [0, 0.1) is 0 Å². The van der Waals surface area contributed by atoms with Crippen molar-refractivity contribution >= 4 is 15.9 Å². The van der Waals surface area contributed by atoms with Gasteiger partial charge in [0.25, 0.3) is 0 Å². The van der Waals surface area contributed by atoms with E-state index in [4.69, 9.17) is 0 Å². The molecule has 5 nitrogen and oxygen atoms in total. The molecule has 1 aromatic rings. The van der Waals surface area contributed by atoms with Gasteiger partial charge in [-0.25, -0.2) is 8.42 Å². The first-order chi connectivity index (χ1) is 9.02. The van der Waals surface area contributed by atoms with Crippen LogP contribution in [0.4, 0.5) is 0 Å². The molecule has 1 amide bonds. The Kier molecular flexibility index (Phi) is 2.87. The van der Waals surface area contributed by atoms with Crippen molar-refractivity contribution in [2.24, 2.45) is 0 Å². The molecule has 19 heavy (non-hydrogen) atoms. The van der Waals surface area contributed by atoms with Gasteiger partial charge in [-0.1, -0.05) is 18.2 Å². The molecule has 2 aliphatic heterocycles. The second kappa shape index (κ2) is 4.31. The van der Waals surface area contributed by atoms with Gasteiger partial charge in [-0.15, -0.1) is 0 Å². The number of carbonyl (C=O) groups is 1. The molecule has 0 bridgehead atoms. The maximum atomic E-state index is 12.5. The van der Waals surface area contributed by atoms with Crippen molar-refractivity contribution in [2.45, 2.75) is 29.7 Å². The van der Waals surface area contributed by atoms with E-state index in [-0.39, 0.29) is 11.4 Å². The van der Waals surface area contributed by atoms with E-state index >= 15 is 0 Å². The maximum absolute atomic E-state index is 12.5. The lowest BCUT2D eigenvalue weighted by Gasteiger charge is -2.23. The summed E-state index contributed by atoms with van der Waals surface area (Å²) in [5.41, 5.74) is -0.334. The second-order valence-corrected chi connectivity index (χ2v) is 7.17. The Morgan fingerprint density at radius 2 is 1.89 bits per heavy atom. The fraction of sp³-hybridized carbons (Fsp3) is 0.462. The molecule has 2 heterocycles. The van der Waals surface area contributed by atoms with Crippen molar-refractivity contribution in [1.29, 1.82) is 0 Å². The summed E-state index contributed by atoms with van der Waals surface area (Å²) in [4.78, 5) is 11.7. The summed E-state index contributed by atoms with van der Waals surface area (Å²) in [6.45, 7) is 0.855. The molecule has 0 aromatic heterocycles. The summed E-state index contributed by atoms with van der Waals surface area (Å²) in [5.74, 6) is 0.0268. The molecule has 6 heteroatoms. The van der Waals surface area contributed by atoms with Gasteiger partial charge >= 0.3 is 0 Å². The van der Waals surface area contributed by atoms with Gasteiger partial charge in [0.1, 0.15) is 0 Å². The third kappa shape index (κ3) is 2.15. The predicted molar refractivity (Wildman–Crippen MR) is 69.9 cm³/mol. The molecule has 0 aliphatic carbocycles. The molecule has 2 fully saturated rings. The molecular weight excluding hydrogens is 264 g/mol. The zero-order valence-corrected chi connectivity index (χ0v) is 11.3. The Morgan fingerprint density at radius 3 is 2.53 bits per heavy atom. The third-order valence-corrected chi connectivity index (χ3v) is 5.79. The number of nitrogens with zero attached hydrogens (tertiary/aromatic N) is 1. The van der Waals surface area contributed by atoms with Gasteiger partial charge in [-0.2, -0.15) is 4.31 Å². The standard InChI is InChI=1S/C13H16N2O3S/c16-12-6-7-13(14-12)8-9-15(10-13)19(17,18)11-4-2-1-3-5-11/h1-5H,6-10H2,(H,14,16). The van der Waals surface area contributed by atoms with Gasteiger partial charge in [-0.05, 0) is 25.0 Å². The lowest BCUT2D eigenvalue weighted by atomic mass is 9.97. The van der Waals surface area contributed by atoms with E-state index in [2.05, 4.69) is 5.32 Å². The normalized spacial score (nSPS) is 27.9. The van der Waals surface area contributed by atoms with Crippen LogP contribution in [0.2, 0.25) is 0 Å². The first-order valence-corrected chi connectivity index (χ1v) is 7.82. The number of nitrogens with one attached hydrogen (secondary N) is 1. The summed E-state index contributed by atoms with van der Waals surface area (Å²) in [7, 11) is -3.44. The van der Waals surface area contributed by atoms with E-state index in [1.165, 1.54) is 4.31 Å². The van der Waals surface area contributed by atoms with Gasteiger partial charge in [0.15, 0.2) is 0 Å². The maximum Gasteiger partial charge on any atom is 0.243 e. The number of rotatable bonds is 2. The van der Waals surface area contributed by atoms with Gasteiger partial charge < -0.3 is 5.32 Å². The molecule has 1 unspecified atom stereocenters. The Bertz CT molecular complexity index is 600. The average molecular weight is 280 g/mol. The zero-order chi connectivity index (χ0) is 13.5. The first-order valence-electron chi connectivity index (χ1n) is 6.38. The Balaban J connectivity index is 1.83. The lowest BCUT2D eigenvalue weighted by molar-refractivity contribution is -0.119. The number of sulfonamides is 1. The quantitative estimate of drug-likeness (QED) is 0.868. The summed E-state index contributed by atoms with van der Waals surface area (Å²) in [6, 6.07) is 8.44. The number of hydrogen-bond acceptors (Lipinski definition) is 3. The van der Waals surface area contributed by atoms with Crippen LogP contribution in [0.25, 0.3) is 0 Å². The lowest BCUT2D eigenvalue weighted by Crippen LogP contribution is -2.44. The fourth-order valence-electron chi connectivity index (χ4n) is 2.86. The minimum absolute atomic E-state index is 0.0268. The minimum Gasteiger partial charge on any atom is -0.349 e. The molecule has 1 aromatic carbocycles. The van der Waals surface area contributed by atoms with Crippen LogP contribution in [-0.4, -0.2) is 37.3 Å². The minimum atomic E-state index is -3.44. The average Bonchev–Trinajstić information content (AvgIpc) is 2.98. The van der Waals surface area contributed by atoms with Gasteiger partial charge in [-0.3, -0.25) is 4.79 Å². The highest BCUT2D eigenvalue weighted by Crippen LogP contribution is 2.33. The highest BCUT2D eigenvalue weighted by Gasteiger charge is 2.46. The Hall–Kier alpha value is -1.40. The molecule has 0 saturated carbocycles. The molecule has 3 rings (SSSR count). The van der Waals surface area contributed by atoms with Crippen molar-refractivity contribution in [1.82, 2.24) is 9.62 Å². The molecule has 2 saturated heterocycles. The van der Waals surface area contributed by atoms with E-state index in [9.17, 15) is 13.2 Å². The number of benzene rings is 1. The molecule has 1 N–H and O–H groups in total. The van der Waals surface area contributed by atoms with Crippen LogP contribution in [0.5, 0.6) is 0 Å². The van der Waals surface area contributed by atoms with Gasteiger partial charge in [0, 0.05) is 19.5 Å². The molecule has 0 radical (unpaired) electrons. The van der Waals surface area contributed by atoms with E-state index < -0.39 is 10.0 Å². The highest BCUT2D eigenvalue weighted by atomic mass is 32.2. The van der Waals surface area contributed by atoms with Gasteiger partial charge in [0.05, 0.1) is 10.4 Å². The fourth-order valence-corrected chi connectivity index (χ4v) is 4.41. The second-order valence-electron chi connectivity index (χ2n) is 5.23. The Labute approximate surface area is 112 Å². The monoisotopic (exact) mass is 280 g/mol.